The number of hydrogen-bond acceptors (Lipinski definition) is 9. The molecule has 1 aromatic carbocycles. The number of aromatic nitrogens is 5. The van der Waals surface area contributed by atoms with Crippen molar-refractivity contribution in [2.45, 2.75) is 31.5 Å². The molecule has 2 aromatic heterocycles. The van der Waals surface area contributed by atoms with E-state index in [-0.39, 0.29) is 35.9 Å². The zero-order valence-corrected chi connectivity index (χ0v) is 19.0. The second kappa shape index (κ2) is 8.52. The van der Waals surface area contributed by atoms with Crippen LogP contribution in [0.4, 0.5) is 5.82 Å². The van der Waals surface area contributed by atoms with Crippen LogP contribution in [0.5, 0.6) is 0 Å². The number of carbonyl (C=O) groups is 4. The molecule has 36 heavy (non-hydrogen) atoms. The van der Waals surface area contributed by atoms with Crippen molar-refractivity contribution in [2.24, 2.45) is 0 Å². The molecule has 3 aliphatic heterocycles. The van der Waals surface area contributed by atoms with E-state index in [0.717, 1.165) is 11.4 Å². The first kappa shape index (κ1) is 21.8. The minimum Gasteiger partial charge on any atom is -0.352 e. The first-order valence-corrected chi connectivity index (χ1v) is 11.5. The number of hydrogen-bond donors (Lipinski definition) is 2. The number of anilines is 1. The van der Waals surface area contributed by atoms with Crippen molar-refractivity contribution < 1.29 is 19.2 Å². The average Bonchev–Trinajstić information content (AvgIpc) is 3.47. The van der Waals surface area contributed by atoms with E-state index in [4.69, 9.17) is 0 Å². The minimum atomic E-state index is -0.676. The van der Waals surface area contributed by atoms with Gasteiger partial charge in [0.1, 0.15) is 18.2 Å². The number of fused-ring (bicyclic) bond motifs is 1. The number of nitrogens with one attached hydrogen (secondary N) is 2. The van der Waals surface area contributed by atoms with Crippen LogP contribution in [0, 0.1) is 0 Å². The number of piperidine rings is 1. The lowest BCUT2D eigenvalue weighted by Gasteiger charge is -2.40. The topological polar surface area (TPSA) is 155 Å². The third-order valence-corrected chi connectivity index (χ3v) is 6.61. The van der Waals surface area contributed by atoms with Gasteiger partial charge in [-0.05, 0) is 30.2 Å². The van der Waals surface area contributed by atoms with Crippen molar-refractivity contribution >= 4 is 29.4 Å². The lowest BCUT2D eigenvalue weighted by Crippen LogP contribution is -2.59. The quantitative estimate of drug-likeness (QED) is 0.450. The van der Waals surface area contributed by atoms with E-state index in [2.05, 4.69) is 30.9 Å². The molecular weight excluding hydrogens is 466 g/mol. The van der Waals surface area contributed by atoms with E-state index in [9.17, 15) is 19.2 Å². The maximum atomic E-state index is 13.0. The standard InChI is InChI=1S/C23H21N9O4/c33-20-4-3-18(22(35)27-20)31-8-13-1-2-15(7-16(13)23(31)36)32-11-17(28-29-32)21(34)26-14-9-30(10-14)19-5-6-24-12-25-19/h1-2,5-7,11-12,14,18H,3-4,8-10H2,(H,26,34)(H,27,33,35). The fourth-order valence-electron chi connectivity index (χ4n) is 4.67. The number of imide groups is 1. The average molecular weight is 487 g/mol. The van der Waals surface area contributed by atoms with Crippen LogP contribution in [0.2, 0.25) is 0 Å². The number of benzene rings is 1. The van der Waals surface area contributed by atoms with Crippen LogP contribution in [0.1, 0.15) is 39.3 Å². The molecule has 13 nitrogen and oxygen atoms in total. The van der Waals surface area contributed by atoms with Gasteiger partial charge >= 0.3 is 0 Å². The van der Waals surface area contributed by atoms with Gasteiger partial charge in [-0.1, -0.05) is 11.3 Å². The number of nitrogens with zero attached hydrogens (tertiary/aromatic N) is 7. The van der Waals surface area contributed by atoms with Crippen LogP contribution in [-0.2, 0) is 16.1 Å². The van der Waals surface area contributed by atoms with Gasteiger partial charge < -0.3 is 15.1 Å². The van der Waals surface area contributed by atoms with Gasteiger partial charge in [0.2, 0.25) is 11.8 Å². The molecule has 182 valence electrons. The molecule has 1 unspecified atom stereocenters. The molecule has 0 saturated carbocycles. The Morgan fingerprint density at radius 3 is 2.78 bits per heavy atom. The molecule has 3 aromatic rings. The highest BCUT2D eigenvalue weighted by atomic mass is 16.2. The van der Waals surface area contributed by atoms with Crippen molar-refractivity contribution in [3.8, 4) is 5.69 Å². The van der Waals surface area contributed by atoms with E-state index in [0.29, 0.717) is 37.3 Å². The van der Waals surface area contributed by atoms with Gasteiger partial charge in [0.05, 0.1) is 17.9 Å². The summed E-state index contributed by atoms with van der Waals surface area (Å²) < 4.78 is 1.44. The van der Waals surface area contributed by atoms with Gasteiger partial charge in [-0.15, -0.1) is 5.10 Å². The lowest BCUT2D eigenvalue weighted by atomic mass is 10.0. The number of carbonyl (C=O) groups excluding carboxylic acids is 4. The molecule has 0 spiro atoms. The van der Waals surface area contributed by atoms with Crippen LogP contribution >= 0.6 is 0 Å². The van der Waals surface area contributed by atoms with E-state index in [1.807, 2.05) is 11.0 Å². The molecule has 4 amide bonds. The molecule has 6 rings (SSSR count). The zero-order valence-electron chi connectivity index (χ0n) is 19.0. The van der Waals surface area contributed by atoms with Crippen LogP contribution in [0.3, 0.4) is 0 Å². The fraction of sp³-hybridized carbons (Fsp3) is 0.304. The Hall–Kier alpha value is -4.68. The van der Waals surface area contributed by atoms with Crippen molar-refractivity contribution in [3.63, 3.8) is 0 Å². The van der Waals surface area contributed by atoms with Crippen molar-refractivity contribution in [3.05, 3.63) is 59.8 Å². The van der Waals surface area contributed by atoms with Crippen LogP contribution in [0.15, 0.2) is 43.0 Å². The van der Waals surface area contributed by atoms with E-state index in [1.54, 1.807) is 24.4 Å². The second-order valence-corrected chi connectivity index (χ2v) is 8.93. The molecule has 13 heteroatoms. The third-order valence-electron chi connectivity index (χ3n) is 6.61. The molecule has 2 fully saturated rings. The van der Waals surface area contributed by atoms with Gasteiger partial charge in [0, 0.05) is 37.8 Å². The highest BCUT2D eigenvalue weighted by Crippen LogP contribution is 2.29. The SMILES string of the molecule is O=C1CCC(N2Cc3ccc(-n4cc(C(=O)NC5CN(c6ccncn6)C5)nn4)cc3C2=O)C(=O)N1. The van der Waals surface area contributed by atoms with Crippen LogP contribution < -0.4 is 15.5 Å². The van der Waals surface area contributed by atoms with Gasteiger partial charge in [0.25, 0.3) is 11.8 Å². The Balaban J connectivity index is 1.11. The van der Waals surface area contributed by atoms with Crippen LogP contribution in [-0.4, -0.2) is 78.7 Å². The maximum absolute atomic E-state index is 13.0. The lowest BCUT2D eigenvalue weighted by molar-refractivity contribution is -0.136. The Kier molecular flexibility index (Phi) is 5.16. The molecule has 3 aliphatic rings. The molecule has 5 heterocycles. The number of amides is 4. The summed E-state index contributed by atoms with van der Waals surface area (Å²) >= 11 is 0. The van der Waals surface area contributed by atoms with Gasteiger partial charge in [-0.25, -0.2) is 14.6 Å². The summed E-state index contributed by atoms with van der Waals surface area (Å²) in [5, 5.41) is 13.3. The Morgan fingerprint density at radius 2 is 2.00 bits per heavy atom. The Bertz CT molecular complexity index is 1380. The van der Waals surface area contributed by atoms with Crippen molar-refractivity contribution in [1.82, 2.24) is 40.5 Å². The molecule has 1 atom stereocenters. The molecule has 2 saturated heterocycles. The molecule has 0 aliphatic carbocycles. The maximum Gasteiger partial charge on any atom is 0.273 e. The first-order valence-electron chi connectivity index (χ1n) is 11.5. The Morgan fingerprint density at radius 1 is 1.14 bits per heavy atom. The van der Waals surface area contributed by atoms with Crippen molar-refractivity contribution in [1.29, 1.82) is 0 Å². The fourth-order valence-corrected chi connectivity index (χ4v) is 4.67. The molecule has 0 bridgehead atoms. The summed E-state index contributed by atoms with van der Waals surface area (Å²) in [6.45, 7) is 1.56. The predicted octanol–water partition coefficient (Wildman–Crippen LogP) is -0.563. The Labute approximate surface area is 204 Å². The van der Waals surface area contributed by atoms with E-state index in [1.165, 1.54) is 22.1 Å². The largest absolute Gasteiger partial charge is 0.352 e. The summed E-state index contributed by atoms with van der Waals surface area (Å²) in [5.74, 6) is -0.587. The third kappa shape index (κ3) is 3.83. The van der Waals surface area contributed by atoms with Crippen LogP contribution in [0.25, 0.3) is 5.69 Å². The first-order chi connectivity index (χ1) is 17.5. The van der Waals surface area contributed by atoms with E-state index < -0.39 is 11.9 Å². The molecular formula is C23H21N9O4. The summed E-state index contributed by atoms with van der Waals surface area (Å²) in [5.41, 5.74) is 1.97. The molecule has 0 radical (unpaired) electrons. The highest BCUT2D eigenvalue weighted by Gasteiger charge is 2.39. The highest BCUT2D eigenvalue weighted by molar-refractivity contribution is 6.05. The smallest absolute Gasteiger partial charge is 0.273 e. The minimum absolute atomic E-state index is 0.0338. The summed E-state index contributed by atoms with van der Waals surface area (Å²) in [7, 11) is 0. The predicted molar refractivity (Wildman–Crippen MR) is 123 cm³/mol. The molecule has 2 N–H and O–H groups in total. The monoisotopic (exact) mass is 487 g/mol. The summed E-state index contributed by atoms with van der Waals surface area (Å²) in [4.78, 5) is 61.0. The second-order valence-electron chi connectivity index (χ2n) is 8.93. The summed E-state index contributed by atoms with van der Waals surface area (Å²) in [6.07, 6.45) is 5.17. The zero-order chi connectivity index (χ0) is 24.8. The summed E-state index contributed by atoms with van der Waals surface area (Å²) in [6, 6.07) is 6.35. The van der Waals surface area contributed by atoms with E-state index >= 15 is 0 Å². The number of rotatable bonds is 5. The van der Waals surface area contributed by atoms with Gasteiger partial charge in [0.15, 0.2) is 5.69 Å². The van der Waals surface area contributed by atoms with Crippen molar-refractivity contribution in [2.75, 3.05) is 18.0 Å². The van der Waals surface area contributed by atoms with Gasteiger partial charge in [-0.3, -0.25) is 24.5 Å². The normalized spacial score (nSPS) is 19.7. The van der Waals surface area contributed by atoms with Gasteiger partial charge in [-0.2, -0.15) is 0 Å².